The third kappa shape index (κ3) is 5.65. The van der Waals surface area contributed by atoms with Gasteiger partial charge in [0.1, 0.15) is 31.2 Å². The number of carbonyl (C=O) groups excluding carboxylic acids is 2. The number of ether oxygens (including phenoxy) is 10. The molecule has 3 fully saturated rings. The molecule has 2 aromatic rings. The summed E-state index contributed by atoms with van der Waals surface area (Å²) < 4.78 is 57.5. The number of esters is 2. The second-order valence-electron chi connectivity index (χ2n) is 12.3. The first-order valence-corrected chi connectivity index (χ1v) is 15.3. The van der Waals surface area contributed by atoms with Crippen LogP contribution in [0.15, 0.2) is 24.3 Å². The number of hydrogen-bond donors (Lipinski definition) is 2. The normalized spacial score (nSPS) is 32.2. The van der Waals surface area contributed by atoms with Crippen molar-refractivity contribution in [1.29, 1.82) is 0 Å². The van der Waals surface area contributed by atoms with Gasteiger partial charge in [-0.25, -0.2) is 0 Å². The van der Waals surface area contributed by atoms with Crippen molar-refractivity contribution in [2.75, 3.05) is 61.7 Å². The quantitative estimate of drug-likeness (QED) is 0.300. The standard InChI is InChI=1S/C32H37NO14/c1-33(2)9-23(34)46-29-20(38-3)5-14(6-21(29)39-4)24-15-7-18-19(43-13-42-18)8-16(15)28(17-10-41-31(37)25(17)24)47-32-27(36)26(35)30-22(45-32)11-40-12-44-30/h5-8,17,22,24-28,30,32,35-36H,9-13H2,1-4H3/t17-,22+,24?,25-,26+,27+,28+,30+,32-/m0/s1. The molecule has 0 saturated carbocycles. The van der Waals surface area contributed by atoms with Crippen LogP contribution in [0.25, 0.3) is 0 Å². The first-order valence-electron chi connectivity index (χ1n) is 15.3. The molecule has 2 N–H and O–H groups in total. The van der Waals surface area contributed by atoms with Crippen LogP contribution in [0.5, 0.6) is 28.7 Å². The van der Waals surface area contributed by atoms with Crippen molar-refractivity contribution in [2.45, 2.75) is 42.7 Å². The topological polar surface area (TPSA) is 170 Å². The molecule has 15 heteroatoms. The van der Waals surface area contributed by atoms with Gasteiger partial charge in [-0.3, -0.25) is 14.5 Å². The fourth-order valence-electron chi connectivity index (χ4n) is 7.06. The van der Waals surface area contributed by atoms with E-state index in [-0.39, 0.29) is 50.6 Å². The minimum atomic E-state index is -1.45. The summed E-state index contributed by atoms with van der Waals surface area (Å²) in [6, 6.07) is 7.01. The predicted octanol–water partition coefficient (Wildman–Crippen LogP) is 0.712. The number of aliphatic hydroxyl groups excluding tert-OH is 2. The lowest BCUT2D eigenvalue weighted by Gasteiger charge is -2.46. The van der Waals surface area contributed by atoms with E-state index >= 15 is 0 Å². The largest absolute Gasteiger partial charge is 0.493 e. The molecule has 0 spiro atoms. The van der Waals surface area contributed by atoms with E-state index in [1.54, 1.807) is 43.3 Å². The number of likely N-dealkylation sites (N-methyl/N-ethyl adjacent to an activating group) is 1. The molecule has 2 aromatic carbocycles. The molecule has 0 aromatic heterocycles. The third-order valence-electron chi connectivity index (χ3n) is 9.17. The van der Waals surface area contributed by atoms with Crippen molar-refractivity contribution >= 4 is 11.9 Å². The van der Waals surface area contributed by atoms with Crippen LogP contribution < -0.4 is 23.7 Å². The Hall–Kier alpha value is -3.70. The number of carbonyl (C=O) groups is 2. The Morgan fingerprint density at radius 1 is 0.936 bits per heavy atom. The van der Waals surface area contributed by atoms with Gasteiger partial charge in [-0.15, -0.1) is 0 Å². The van der Waals surface area contributed by atoms with Crippen LogP contribution in [0.2, 0.25) is 0 Å². The van der Waals surface area contributed by atoms with Gasteiger partial charge >= 0.3 is 11.9 Å². The Bertz CT molecular complexity index is 1500. The summed E-state index contributed by atoms with van der Waals surface area (Å²) in [6.45, 7) is 0.192. The minimum Gasteiger partial charge on any atom is -0.493 e. The highest BCUT2D eigenvalue weighted by Crippen LogP contribution is 2.57. The zero-order valence-corrected chi connectivity index (χ0v) is 26.3. The third-order valence-corrected chi connectivity index (χ3v) is 9.17. The molecule has 1 unspecified atom stereocenters. The molecule has 0 radical (unpaired) electrons. The van der Waals surface area contributed by atoms with Crippen molar-refractivity contribution in [2.24, 2.45) is 11.8 Å². The molecular formula is C32H37NO14. The van der Waals surface area contributed by atoms with Gasteiger partial charge in [-0.05, 0) is 55.1 Å². The Balaban J connectivity index is 1.31. The molecule has 47 heavy (non-hydrogen) atoms. The van der Waals surface area contributed by atoms with E-state index in [1.165, 1.54) is 14.2 Å². The zero-order chi connectivity index (χ0) is 33.0. The molecule has 3 saturated heterocycles. The van der Waals surface area contributed by atoms with Gasteiger partial charge in [0.25, 0.3) is 0 Å². The second-order valence-corrected chi connectivity index (χ2v) is 12.3. The van der Waals surface area contributed by atoms with Gasteiger partial charge < -0.3 is 57.6 Å². The van der Waals surface area contributed by atoms with Crippen LogP contribution in [0, 0.1) is 11.8 Å². The smallest absolute Gasteiger partial charge is 0.325 e. The second kappa shape index (κ2) is 12.7. The maximum absolute atomic E-state index is 13.6. The van der Waals surface area contributed by atoms with Crippen LogP contribution in [0.4, 0.5) is 0 Å². The summed E-state index contributed by atoms with van der Waals surface area (Å²) >= 11 is 0. The molecule has 0 amide bonds. The summed E-state index contributed by atoms with van der Waals surface area (Å²) in [5.41, 5.74) is 1.96. The van der Waals surface area contributed by atoms with Crippen molar-refractivity contribution < 1.29 is 67.2 Å². The number of methoxy groups -OCH3 is 2. The monoisotopic (exact) mass is 659 g/mol. The van der Waals surface area contributed by atoms with Crippen molar-refractivity contribution in [1.82, 2.24) is 4.90 Å². The van der Waals surface area contributed by atoms with E-state index in [2.05, 4.69) is 0 Å². The lowest BCUT2D eigenvalue weighted by Crippen LogP contribution is -2.62. The summed E-state index contributed by atoms with van der Waals surface area (Å²) in [7, 11) is 6.39. The van der Waals surface area contributed by atoms with Crippen LogP contribution in [-0.2, 0) is 33.3 Å². The molecule has 9 atom stereocenters. The van der Waals surface area contributed by atoms with E-state index in [0.29, 0.717) is 28.2 Å². The van der Waals surface area contributed by atoms with Crippen molar-refractivity contribution in [3.8, 4) is 28.7 Å². The number of nitrogens with zero attached hydrogens (tertiary/aromatic N) is 1. The highest BCUT2D eigenvalue weighted by molar-refractivity contribution is 5.80. The molecule has 0 bridgehead atoms. The maximum Gasteiger partial charge on any atom is 0.325 e. The molecule has 15 nitrogen and oxygen atoms in total. The zero-order valence-electron chi connectivity index (χ0n) is 26.3. The van der Waals surface area contributed by atoms with Crippen molar-refractivity contribution in [3.05, 3.63) is 41.0 Å². The first kappa shape index (κ1) is 31.9. The lowest BCUT2D eigenvalue weighted by molar-refractivity contribution is -0.349. The average Bonchev–Trinajstić information content (AvgIpc) is 3.68. The highest BCUT2D eigenvalue weighted by Gasteiger charge is 2.56. The van der Waals surface area contributed by atoms with Gasteiger partial charge in [-0.2, -0.15) is 0 Å². The maximum atomic E-state index is 13.6. The molecule has 7 rings (SSSR count). The van der Waals surface area contributed by atoms with Gasteiger partial charge in [0.05, 0.1) is 46.0 Å². The van der Waals surface area contributed by atoms with E-state index in [1.807, 2.05) is 0 Å². The van der Waals surface area contributed by atoms with Crippen LogP contribution in [0.1, 0.15) is 28.7 Å². The predicted molar refractivity (Wildman–Crippen MR) is 156 cm³/mol. The number of aliphatic hydroxyl groups is 2. The fourth-order valence-corrected chi connectivity index (χ4v) is 7.06. The Morgan fingerprint density at radius 3 is 2.32 bits per heavy atom. The highest BCUT2D eigenvalue weighted by atomic mass is 16.7. The lowest BCUT2D eigenvalue weighted by atomic mass is 9.66. The van der Waals surface area contributed by atoms with Gasteiger partial charge in [0, 0.05) is 11.8 Å². The number of fused-ring (bicyclic) bond motifs is 4. The summed E-state index contributed by atoms with van der Waals surface area (Å²) in [6.07, 6.45) is -6.30. The fraction of sp³-hybridized carbons (Fsp3) is 0.562. The molecular weight excluding hydrogens is 622 g/mol. The number of rotatable bonds is 8. The average molecular weight is 660 g/mol. The van der Waals surface area contributed by atoms with E-state index < -0.39 is 66.5 Å². The van der Waals surface area contributed by atoms with Crippen molar-refractivity contribution in [3.63, 3.8) is 0 Å². The van der Waals surface area contributed by atoms with E-state index in [9.17, 15) is 19.8 Å². The van der Waals surface area contributed by atoms with Gasteiger partial charge in [0.2, 0.25) is 12.5 Å². The number of hydrogen-bond acceptors (Lipinski definition) is 15. The Labute approximate surface area is 270 Å². The van der Waals surface area contributed by atoms with Gasteiger partial charge in [0.15, 0.2) is 29.3 Å². The molecule has 5 aliphatic rings. The van der Waals surface area contributed by atoms with Crippen LogP contribution >= 0.6 is 0 Å². The molecule has 4 heterocycles. The van der Waals surface area contributed by atoms with E-state index in [0.717, 1.165) is 0 Å². The summed E-state index contributed by atoms with van der Waals surface area (Å²) in [4.78, 5) is 27.9. The Kier molecular flexibility index (Phi) is 8.63. The summed E-state index contributed by atoms with van der Waals surface area (Å²) in [5.74, 6) is -1.34. The first-order chi connectivity index (χ1) is 22.7. The number of cyclic esters (lactones) is 1. The molecule has 1 aliphatic carbocycles. The van der Waals surface area contributed by atoms with Crippen LogP contribution in [0.3, 0.4) is 0 Å². The summed E-state index contributed by atoms with van der Waals surface area (Å²) in [5, 5.41) is 21.9. The Morgan fingerprint density at radius 2 is 1.64 bits per heavy atom. The van der Waals surface area contributed by atoms with Crippen LogP contribution in [-0.4, -0.2) is 119 Å². The molecule has 254 valence electrons. The molecule has 4 aliphatic heterocycles. The van der Waals surface area contributed by atoms with E-state index in [4.69, 9.17) is 47.4 Å². The number of benzene rings is 2. The minimum absolute atomic E-state index is 0.0116. The SMILES string of the molecule is COc1cc(C2c3cc4c(cc3[C@@H](O[C@@H]3O[C@@H]5COCO[C@H]5[C@H](O)[C@H]3O)[C@H]3COC(=O)[C@H]23)OCO4)cc(OC)c1OC(=O)CN(C)C. The van der Waals surface area contributed by atoms with Gasteiger partial charge in [-0.1, -0.05) is 0 Å².